The van der Waals surface area contributed by atoms with Gasteiger partial charge in [0.05, 0.1) is 11.4 Å². The van der Waals surface area contributed by atoms with Crippen molar-refractivity contribution in [3.63, 3.8) is 0 Å². The Kier molecular flexibility index (Phi) is 2.08. The van der Waals surface area contributed by atoms with Crippen LogP contribution in [0.4, 0.5) is 4.39 Å². The van der Waals surface area contributed by atoms with Crippen molar-refractivity contribution in [2.75, 3.05) is 0 Å². The molecule has 0 saturated heterocycles. The standard InChI is InChI=1S/C11H11FN2/c1-8-9(2)13-14(11(8)12)10-6-4-3-5-7-10/h3-7H,1-2H3. The smallest absolute Gasteiger partial charge is 0.206 e. The van der Waals surface area contributed by atoms with E-state index in [1.807, 2.05) is 30.3 Å². The molecule has 0 saturated carbocycles. The van der Waals surface area contributed by atoms with Gasteiger partial charge in [0.25, 0.3) is 0 Å². The molecule has 0 spiro atoms. The topological polar surface area (TPSA) is 17.8 Å². The van der Waals surface area contributed by atoms with E-state index in [4.69, 9.17) is 0 Å². The monoisotopic (exact) mass is 190 g/mol. The zero-order valence-electron chi connectivity index (χ0n) is 8.16. The van der Waals surface area contributed by atoms with Crippen molar-refractivity contribution in [1.82, 2.24) is 9.78 Å². The maximum absolute atomic E-state index is 13.6. The predicted octanol–water partition coefficient (Wildman–Crippen LogP) is 2.63. The SMILES string of the molecule is Cc1nn(-c2ccccc2)c(F)c1C. The fourth-order valence-electron chi connectivity index (χ4n) is 1.32. The van der Waals surface area contributed by atoms with Gasteiger partial charge >= 0.3 is 0 Å². The van der Waals surface area contributed by atoms with Crippen molar-refractivity contribution in [3.8, 4) is 5.69 Å². The lowest BCUT2D eigenvalue weighted by Crippen LogP contribution is -1.99. The molecule has 0 aliphatic heterocycles. The summed E-state index contributed by atoms with van der Waals surface area (Å²) in [7, 11) is 0. The molecule has 0 amide bonds. The fourth-order valence-corrected chi connectivity index (χ4v) is 1.32. The van der Waals surface area contributed by atoms with Gasteiger partial charge in [-0.25, -0.2) is 4.68 Å². The van der Waals surface area contributed by atoms with Crippen molar-refractivity contribution in [3.05, 3.63) is 47.5 Å². The van der Waals surface area contributed by atoms with Crippen LogP contribution in [-0.2, 0) is 0 Å². The van der Waals surface area contributed by atoms with Gasteiger partial charge in [-0.3, -0.25) is 0 Å². The Morgan fingerprint density at radius 1 is 1.14 bits per heavy atom. The highest BCUT2D eigenvalue weighted by molar-refractivity contribution is 5.32. The summed E-state index contributed by atoms with van der Waals surface area (Å²) >= 11 is 0. The number of aryl methyl sites for hydroxylation is 1. The van der Waals surface area contributed by atoms with Gasteiger partial charge < -0.3 is 0 Å². The highest BCUT2D eigenvalue weighted by Gasteiger charge is 2.11. The quantitative estimate of drug-likeness (QED) is 0.676. The molecule has 0 atom stereocenters. The van der Waals surface area contributed by atoms with E-state index in [2.05, 4.69) is 5.10 Å². The number of rotatable bonds is 1. The van der Waals surface area contributed by atoms with Gasteiger partial charge in [-0.15, -0.1) is 0 Å². The normalized spacial score (nSPS) is 10.5. The van der Waals surface area contributed by atoms with E-state index in [0.717, 1.165) is 11.4 Å². The average Bonchev–Trinajstić information content (AvgIpc) is 2.47. The molecule has 1 aromatic heterocycles. The molecule has 0 aliphatic carbocycles. The molecular formula is C11H11FN2. The van der Waals surface area contributed by atoms with Crippen LogP contribution in [0, 0.1) is 19.8 Å². The minimum atomic E-state index is -0.284. The first kappa shape index (κ1) is 8.94. The molecule has 3 heteroatoms. The van der Waals surface area contributed by atoms with Crippen LogP contribution in [0.25, 0.3) is 5.69 Å². The number of nitrogens with zero attached hydrogens (tertiary/aromatic N) is 2. The maximum Gasteiger partial charge on any atom is 0.219 e. The van der Waals surface area contributed by atoms with Gasteiger partial charge in [0, 0.05) is 5.56 Å². The lowest BCUT2D eigenvalue weighted by Gasteiger charge is -2.00. The van der Waals surface area contributed by atoms with E-state index in [1.165, 1.54) is 4.68 Å². The molecule has 0 fully saturated rings. The van der Waals surface area contributed by atoms with E-state index in [0.29, 0.717) is 5.56 Å². The van der Waals surface area contributed by atoms with Gasteiger partial charge in [-0.05, 0) is 26.0 Å². The zero-order valence-corrected chi connectivity index (χ0v) is 8.16. The third kappa shape index (κ3) is 1.31. The van der Waals surface area contributed by atoms with Gasteiger partial charge in [0.2, 0.25) is 5.95 Å². The summed E-state index contributed by atoms with van der Waals surface area (Å²) in [5, 5.41) is 4.12. The lowest BCUT2D eigenvalue weighted by atomic mass is 10.3. The van der Waals surface area contributed by atoms with Crippen molar-refractivity contribution >= 4 is 0 Å². The highest BCUT2D eigenvalue weighted by Crippen LogP contribution is 2.15. The number of aromatic nitrogens is 2. The van der Waals surface area contributed by atoms with Gasteiger partial charge in [0.15, 0.2) is 0 Å². The molecule has 0 bridgehead atoms. The maximum atomic E-state index is 13.6. The minimum Gasteiger partial charge on any atom is -0.206 e. The number of hydrogen-bond acceptors (Lipinski definition) is 1. The summed E-state index contributed by atoms with van der Waals surface area (Å²) in [5.41, 5.74) is 2.08. The van der Waals surface area contributed by atoms with E-state index < -0.39 is 0 Å². The molecule has 1 heterocycles. The molecule has 0 N–H and O–H groups in total. The Hall–Kier alpha value is -1.64. The second kappa shape index (κ2) is 3.25. The zero-order chi connectivity index (χ0) is 10.1. The number of para-hydroxylation sites is 1. The van der Waals surface area contributed by atoms with Crippen molar-refractivity contribution in [2.45, 2.75) is 13.8 Å². The minimum absolute atomic E-state index is 0.284. The number of benzene rings is 1. The molecular weight excluding hydrogens is 179 g/mol. The van der Waals surface area contributed by atoms with Crippen molar-refractivity contribution in [2.24, 2.45) is 0 Å². The molecule has 72 valence electrons. The summed E-state index contributed by atoms with van der Waals surface area (Å²) in [6.45, 7) is 3.54. The van der Waals surface area contributed by atoms with E-state index in [1.54, 1.807) is 13.8 Å². The Morgan fingerprint density at radius 3 is 2.29 bits per heavy atom. The molecule has 0 radical (unpaired) electrons. The number of halogens is 1. The Labute approximate surface area is 82.0 Å². The van der Waals surface area contributed by atoms with Crippen LogP contribution in [0.5, 0.6) is 0 Å². The summed E-state index contributed by atoms with van der Waals surface area (Å²) < 4.78 is 14.9. The predicted molar refractivity (Wildman–Crippen MR) is 53.0 cm³/mol. The summed E-state index contributed by atoms with van der Waals surface area (Å²) in [6, 6.07) is 9.27. The molecule has 1 aromatic carbocycles. The van der Waals surface area contributed by atoms with Crippen LogP contribution in [0.15, 0.2) is 30.3 Å². The van der Waals surface area contributed by atoms with Gasteiger partial charge in [0.1, 0.15) is 0 Å². The van der Waals surface area contributed by atoms with Crippen LogP contribution in [0.1, 0.15) is 11.3 Å². The largest absolute Gasteiger partial charge is 0.219 e. The fraction of sp³-hybridized carbons (Fsp3) is 0.182. The summed E-state index contributed by atoms with van der Waals surface area (Å²) in [5.74, 6) is -0.284. The van der Waals surface area contributed by atoms with Crippen LogP contribution in [0.3, 0.4) is 0 Å². The van der Waals surface area contributed by atoms with E-state index in [9.17, 15) is 4.39 Å². The van der Waals surface area contributed by atoms with Gasteiger partial charge in [-0.1, -0.05) is 18.2 Å². The van der Waals surface area contributed by atoms with Crippen LogP contribution in [-0.4, -0.2) is 9.78 Å². The van der Waals surface area contributed by atoms with E-state index in [-0.39, 0.29) is 5.95 Å². The van der Waals surface area contributed by atoms with Crippen LogP contribution < -0.4 is 0 Å². The van der Waals surface area contributed by atoms with E-state index >= 15 is 0 Å². The highest BCUT2D eigenvalue weighted by atomic mass is 19.1. The second-order valence-corrected chi connectivity index (χ2v) is 3.25. The lowest BCUT2D eigenvalue weighted by molar-refractivity contribution is 0.531. The summed E-state index contributed by atoms with van der Waals surface area (Å²) in [6.07, 6.45) is 0. The first-order valence-electron chi connectivity index (χ1n) is 4.47. The first-order valence-corrected chi connectivity index (χ1v) is 4.47. The summed E-state index contributed by atoms with van der Waals surface area (Å²) in [4.78, 5) is 0. The van der Waals surface area contributed by atoms with Crippen molar-refractivity contribution < 1.29 is 4.39 Å². The molecule has 2 aromatic rings. The van der Waals surface area contributed by atoms with Crippen LogP contribution in [0.2, 0.25) is 0 Å². The Morgan fingerprint density at radius 2 is 1.79 bits per heavy atom. The molecule has 14 heavy (non-hydrogen) atoms. The molecule has 2 rings (SSSR count). The molecule has 2 nitrogen and oxygen atoms in total. The second-order valence-electron chi connectivity index (χ2n) is 3.25. The van der Waals surface area contributed by atoms with Crippen molar-refractivity contribution in [1.29, 1.82) is 0 Å². The Bertz CT molecular complexity index is 446. The van der Waals surface area contributed by atoms with Crippen LogP contribution >= 0.6 is 0 Å². The first-order chi connectivity index (χ1) is 6.70. The Balaban J connectivity index is 2.58. The third-order valence-corrected chi connectivity index (χ3v) is 2.29. The molecule has 0 aliphatic rings. The average molecular weight is 190 g/mol. The van der Waals surface area contributed by atoms with Gasteiger partial charge in [-0.2, -0.15) is 9.49 Å². The third-order valence-electron chi connectivity index (χ3n) is 2.29. The number of hydrogen-bond donors (Lipinski definition) is 0. The molecule has 0 unspecified atom stereocenters.